The summed E-state index contributed by atoms with van der Waals surface area (Å²) < 4.78 is 0. The fraction of sp³-hybridized carbons (Fsp3) is 0.417. The smallest absolute Gasteiger partial charge is 0.107 e. The Balaban J connectivity index is 2.97. The van der Waals surface area contributed by atoms with Crippen molar-refractivity contribution in [1.82, 2.24) is 0 Å². The molecule has 0 spiro atoms. The van der Waals surface area contributed by atoms with E-state index in [2.05, 4.69) is 18.5 Å². The van der Waals surface area contributed by atoms with Crippen molar-refractivity contribution in [2.24, 2.45) is 5.73 Å². The highest BCUT2D eigenvalue weighted by Gasteiger charge is 2.12. The summed E-state index contributed by atoms with van der Waals surface area (Å²) in [4.78, 5) is 0.331. The number of anilines is 1. The van der Waals surface area contributed by atoms with Gasteiger partial charge < -0.3 is 11.1 Å². The fourth-order valence-electron chi connectivity index (χ4n) is 1.58. The van der Waals surface area contributed by atoms with Crippen molar-refractivity contribution in [2.75, 3.05) is 17.3 Å². The summed E-state index contributed by atoms with van der Waals surface area (Å²) >= 11 is 13.0. The third-order valence-corrected chi connectivity index (χ3v) is 3.74. The second-order valence-corrected chi connectivity index (χ2v) is 5.49. The average Bonchev–Trinajstić information content (AvgIpc) is 2.28. The quantitative estimate of drug-likeness (QED) is 0.786. The summed E-state index contributed by atoms with van der Waals surface area (Å²) in [6.07, 6.45) is 3.14. The molecule has 0 fully saturated rings. The number of benzene rings is 1. The van der Waals surface area contributed by atoms with Gasteiger partial charge in [0.25, 0.3) is 0 Å². The predicted octanol–water partition coefficient (Wildman–Crippen LogP) is 3.53. The summed E-state index contributed by atoms with van der Waals surface area (Å²) in [6, 6.07) is 6.06. The molecule has 17 heavy (non-hydrogen) atoms. The van der Waals surface area contributed by atoms with E-state index in [1.54, 1.807) is 6.07 Å². The molecule has 5 heteroatoms. The summed E-state index contributed by atoms with van der Waals surface area (Å²) in [7, 11) is 0. The number of hydrogen-bond donors (Lipinski definition) is 2. The Labute approximate surface area is 117 Å². The molecule has 1 unspecified atom stereocenters. The number of halogens is 1. The highest BCUT2D eigenvalue weighted by Crippen LogP contribution is 2.25. The van der Waals surface area contributed by atoms with Crippen LogP contribution in [0, 0.1) is 0 Å². The predicted molar refractivity (Wildman–Crippen MR) is 83.4 cm³/mol. The molecule has 1 aromatic rings. The molecule has 94 valence electrons. The van der Waals surface area contributed by atoms with Gasteiger partial charge in [0.2, 0.25) is 0 Å². The minimum Gasteiger partial charge on any atom is -0.389 e. The lowest BCUT2D eigenvalue weighted by Gasteiger charge is -2.20. The van der Waals surface area contributed by atoms with Crippen LogP contribution in [-0.2, 0) is 0 Å². The minimum absolute atomic E-state index is 0.331. The second-order valence-electron chi connectivity index (χ2n) is 3.73. The van der Waals surface area contributed by atoms with Crippen molar-refractivity contribution in [2.45, 2.75) is 19.4 Å². The molecule has 0 aliphatic carbocycles. The second kappa shape index (κ2) is 7.09. The van der Waals surface area contributed by atoms with Crippen LogP contribution < -0.4 is 11.1 Å². The molecule has 2 nitrogen and oxygen atoms in total. The topological polar surface area (TPSA) is 38.0 Å². The van der Waals surface area contributed by atoms with Gasteiger partial charge in [0.1, 0.15) is 4.99 Å². The first-order chi connectivity index (χ1) is 8.10. The summed E-state index contributed by atoms with van der Waals surface area (Å²) in [5.74, 6) is 1.04. The Hall–Kier alpha value is -0.450. The Morgan fingerprint density at radius 1 is 1.59 bits per heavy atom. The van der Waals surface area contributed by atoms with Gasteiger partial charge in [-0.05, 0) is 24.8 Å². The van der Waals surface area contributed by atoms with Gasteiger partial charge in [-0.1, -0.05) is 36.8 Å². The Morgan fingerprint density at radius 2 is 2.29 bits per heavy atom. The van der Waals surface area contributed by atoms with Crippen LogP contribution >= 0.6 is 35.6 Å². The van der Waals surface area contributed by atoms with Crippen molar-refractivity contribution in [3.8, 4) is 0 Å². The molecule has 3 N–H and O–H groups in total. The number of nitrogens with one attached hydrogen (secondary N) is 1. The molecule has 1 atom stereocenters. The Kier molecular flexibility index (Phi) is 6.09. The third kappa shape index (κ3) is 4.05. The molecular formula is C12H17ClN2S2. The number of thioether (sulfide) groups is 1. The van der Waals surface area contributed by atoms with E-state index >= 15 is 0 Å². The maximum Gasteiger partial charge on any atom is 0.107 e. The maximum absolute atomic E-state index is 6.12. The van der Waals surface area contributed by atoms with Gasteiger partial charge in [-0.15, -0.1) is 0 Å². The molecule has 0 radical (unpaired) electrons. The average molecular weight is 289 g/mol. The van der Waals surface area contributed by atoms with Gasteiger partial charge in [0, 0.05) is 17.5 Å². The molecule has 0 amide bonds. The van der Waals surface area contributed by atoms with Crippen LogP contribution in [0.25, 0.3) is 0 Å². The molecule has 0 aromatic heterocycles. The zero-order valence-electron chi connectivity index (χ0n) is 10.00. The molecule has 1 aromatic carbocycles. The fourth-order valence-corrected chi connectivity index (χ4v) is 2.85. The van der Waals surface area contributed by atoms with Crippen molar-refractivity contribution in [3.05, 3.63) is 28.8 Å². The van der Waals surface area contributed by atoms with Crippen LogP contribution in [0.3, 0.4) is 0 Å². The van der Waals surface area contributed by atoms with E-state index < -0.39 is 0 Å². The van der Waals surface area contributed by atoms with E-state index in [1.165, 1.54) is 0 Å². The lowest BCUT2D eigenvalue weighted by atomic mass is 10.1. The van der Waals surface area contributed by atoms with Gasteiger partial charge in [0.05, 0.1) is 10.6 Å². The van der Waals surface area contributed by atoms with Crippen molar-refractivity contribution in [1.29, 1.82) is 0 Å². The van der Waals surface area contributed by atoms with Gasteiger partial charge in [-0.2, -0.15) is 11.8 Å². The lowest BCUT2D eigenvalue weighted by Crippen LogP contribution is -2.23. The van der Waals surface area contributed by atoms with Crippen LogP contribution in [0.5, 0.6) is 0 Å². The lowest BCUT2D eigenvalue weighted by molar-refractivity contribution is 0.775. The number of nitrogens with two attached hydrogens (primary N) is 1. The van der Waals surface area contributed by atoms with Crippen LogP contribution in [0.2, 0.25) is 5.02 Å². The zero-order chi connectivity index (χ0) is 12.8. The first-order valence-corrected chi connectivity index (χ1v) is 7.62. The first kappa shape index (κ1) is 14.6. The van der Waals surface area contributed by atoms with Crippen LogP contribution in [0.1, 0.15) is 18.9 Å². The number of rotatable bonds is 6. The highest BCUT2D eigenvalue weighted by molar-refractivity contribution is 7.98. The van der Waals surface area contributed by atoms with E-state index in [1.807, 2.05) is 23.9 Å². The largest absolute Gasteiger partial charge is 0.389 e. The van der Waals surface area contributed by atoms with Gasteiger partial charge in [-0.3, -0.25) is 0 Å². The van der Waals surface area contributed by atoms with E-state index in [4.69, 9.17) is 29.6 Å². The van der Waals surface area contributed by atoms with Crippen molar-refractivity contribution in [3.63, 3.8) is 0 Å². The summed E-state index contributed by atoms with van der Waals surface area (Å²) in [5, 5.41) is 4.05. The summed E-state index contributed by atoms with van der Waals surface area (Å²) in [6.45, 7) is 2.15. The number of thiocarbonyl (C=S) groups is 1. The van der Waals surface area contributed by atoms with Gasteiger partial charge in [0.15, 0.2) is 0 Å². The Bertz CT molecular complexity index is 396. The van der Waals surface area contributed by atoms with E-state index in [0.29, 0.717) is 16.1 Å². The first-order valence-electron chi connectivity index (χ1n) is 5.44. The molecule has 0 bridgehead atoms. The molecule has 0 heterocycles. The minimum atomic E-state index is 0.331. The van der Waals surface area contributed by atoms with E-state index in [9.17, 15) is 0 Å². The monoisotopic (exact) mass is 288 g/mol. The number of hydrogen-bond acceptors (Lipinski definition) is 3. The molecule has 0 aliphatic rings. The third-order valence-electron chi connectivity index (χ3n) is 2.48. The normalized spacial score (nSPS) is 12.2. The molecule has 1 rings (SSSR count). The zero-order valence-corrected chi connectivity index (χ0v) is 12.4. The van der Waals surface area contributed by atoms with Crippen molar-refractivity contribution < 1.29 is 0 Å². The molecule has 0 saturated carbocycles. The van der Waals surface area contributed by atoms with Crippen molar-refractivity contribution >= 4 is 46.3 Å². The van der Waals surface area contributed by atoms with Gasteiger partial charge in [-0.25, -0.2) is 0 Å². The highest BCUT2D eigenvalue weighted by atomic mass is 35.5. The molecular weight excluding hydrogens is 272 g/mol. The Morgan fingerprint density at radius 3 is 2.82 bits per heavy atom. The SMILES string of the molecule is CCC(CSC)Nc1cccc(Cl)c1C(N)=S. The van der Waals surface area contributed by atoms with Crippen LogP contribution in [0.15, 0.2) is 18.2 Å². The molecule has 0 aliphatic heterocycles. The summed E-state index contributed by atoms with van der Waals surface area (Å²) in [5.41, 5.74) is 7.37. The van der Waals surface area contributed by atoms with Crippen LogP contribution in [-0.4, -0.2) is 23.0 Å². The maximum atomic E-state index is 6.12. The standard InChI is InChI=1S/C12H17ClN2S2/c1-3-8(7-17-2)15-10-6-4-5-9(13)11(10)12(14)16/h4-6,8,15H,3,7H2,1-2H3,(H2,14,16). The van der Waals surface area contributed by atoms with Gasteiger partial charge >= 0.3 is 0 Å². The van der Waals surface area contributed by atoms with E-state index in [0.717, 1.165) is 23.4 Å². The van der Waals surface area contributed by atoms with Crippen LogP contribution in [0.4, 0.5) is 5.69 Å². The molecule has 0 saturated heterocycles. The van der Waals surface area contributed by atoms with E-state index in [-0.39, 0.29) is 0 Å².